The summed E-state index contributed by atoms with van der Waals surface area (Å²) in [4.78, 5) is 32.4. The highest BCUT2D eigenvalue weighted by atomic mass is 15.1. The van der Waals surface area contributed by atoms with Crippen LogP contribution in [0.5, 0.6) is 0 Å². The Kier molecular flexibility index (Phi) is 8.18. The first-order valence-electron chi connectivity index (χ1n) is 20.9. The molecular formula is C56H36N6. The van der Waals surface area contributed by atoms with Gasteiger partial charge >= 0.3 is 0 Å². The minimum absolute atomic E-state index is 0.607. The molecule has 0 atom stereocenters. The lowest BCUT2D eigenvalue weighted by molar-refractivity contribution is 0.517. The van der Waals surface area contributed by atoms with E-state index in [2.05, 4.69) is 158 Å². The lowest BCUT2D eigenvalue weighted by Gasteiger charge is -2.55. The summed E-state index contributed by atoms with van der Waals surface area (Å²) in [6.07, 6.45) is 0. The minimum atomic E-state index is -0.922. The van der Waals surface area contributed by atoms with Crippen LogP contribution in [0.15, 0.2) is 218 Å². The van der Waals surface area contributed by atoms with Gasteiger partial charge in [-0.15, -0.1) is 0 Å². The molecule has 0 N–H and O–H groups in total. The Balaban J connectivity index is 1.16. The molecule has 3 aliphatic carbocycles. The molecule has 0 radical (unpaired) electrons. The Hall–Kier alpha value is -8.22. The molecule has 0 saturated heterocycles. The molecule has 0 amide bonds. The molecule has 6 heteroatoms. The van der Waals surface area contributed by atoms with Gasteiger partial charge < -0.3 is 0 Å². The third-order valence-corrected chi connectivity index (χ3v) is 12.5. The molecule has 2 bridgehead atoms. The van der Waals surface area contributed by atoms with Crippen molar-refractivity contribution in [2.75, 3.05) is 0 Å². The molecule has 8 aromatic carbocycles. The minimum Gasteiger partial charge on any atom is -0.211 e. The standard InChI is InChI=1S/C56H36N6/c1-5-19-37(20-6-1)38-33-35-42(36-34-38)52-58-51(41-25-11-4-12-26-41)61-54(62-52)56-46-30-16-13-27-43(46)55(44-28-14-17-31-47(44)56,45-29-15-18-32-48(45)56)53-59-49(39-21-7-2-8-22-39)57-50(60-53)40-23-9-3-10-24-40/h1-36H. The SMILES string of the molecule is c1ccc(-c2ccc(-c3nc(-c4ccccc4)nc(C45c6ccccc6C(c6nc(-c7ccccc7)nc(-c7ccccc7)n6)(c6ccccc64)c4ccccc45)n3)cc2)cc1. The molecule has 0 aliphatic heterocycles. The van der Waals surface area contributed by atoms with Gasteiger partial charge in [-0.3, -0.25) is 0 Å². The predicted octanol–water partition coefficient (Wildman–Crippen LogP) is 11.8. The summed E-state index contributed by atoms with van der Waals surface area (Å²) in [6.45, 7) is 0. The smallest absolute Gasteiger partial charge is 0.163 e. The van der Waals surface area contributed by atoms with Crippen molar-refractivity contribution in [3.8, 4) is 56.7 Å². The van der Waals surface area contributed by atoms with Crippen molar-refractivity contribution in [2.24, 2.45) is 0 Å². The highest BCUT2D eigenvalue weighted by molar-refractivity contribution is 5.81. The van der Waals surface area contributed by atoms with Crippen molar-refractivity contribution < 1.29 is 0 Å². The van der Waals surface area contributed by atoms with Crippen LogP contribution in [0.25, 0.3) is 56.7 Å². The average molecular weight is 793 g/mol. The third-order valence-electron chi connectivity index (χ3n) is 12.5. The van der Waals surface area contributed by atoms with E-state index in [9.17, 15) is 0 Å². The van der Waals surface area contributed by atoms with Crippen LogP contribution in [-0.4, -0.2) is 29.9 Å². The first-order valence-corrected chi connectivity index (χ1v) is 20.9. The van der Waals surface area contributed by atoms with Crippen LogP contribution in [0.4, 0.5) is 0 Å². The third kappa shape index (κ3) is 5.30. The molecule has 0 unspecified atom stereocenters. The normalized spacial score (nSPS) is 16.8. The van der Waals surface area contributed by atoms with Gasteiger partial charge in [-0.05, 0) is 44.5 Å². The molecular weight excluding hydrogens is 757 g/mol. The predicted molar refractivity (Wildman–Crippen MR) is 244 cm³/mol. The van der Waals surface area contributed by atoms with E-state index >= 15 is 0 Å². The van der Waals surface area contributed by atoms with Crippen LogP contribution in [0.2, 0.25) is 0 Å². The molecule has 2 heterocycles. The maximum Gasteiger partial charge on any atom is 0.163 e. The van der Waals surface area contributed by atoms with Gasteiger partial charge in [0.1, 0.15) is 10.8 Å². The van der Waals surface area contributed by atoms with Gasteiger partial charge in [0.25, 0.3) is 0 Å². The summed E-state index contributed by atoms with van der Waals surface area (Å²) in [5, 5.41) is 0. The van der Waals surface area contributed by atoms with Crippen molar-refractivity contribution in [1.29, 1.82) is 0 Å². The second-order valence-electron chi connectivity index (χ2n) is 15.8. The number of nitrogens with zero attached hydrogens (tertiary/aromatic N) is 6. The van der Waals surface area contributed by atoms with E-state index < -0.39 is 10.8 Å². The van der Waals surface area contributed by atoms with E-state index in [1.807, 2.05) is 60.7 Å². The fraction of sp³-hybridized carbons (Fsp3) is 0.0357. The summed E-state index contributed by atoms with van der Waals surface area (Å²) in [5.41, 5.74) is 10.6. The number of rotatable bonds is 7. The van der Waals surface area contributed by atoms with Gasteiger partial charge in [0.2, 0.25) is 0 Å². The van der Waals surface area contributed by atoms with Gasteiger partial charge in [-0.1, -0.05) is 218 Å². The zero-order valence-corrected chi connectivity index (χ0v) is 33.5. The largest absolute Gasteiger partial charge is 0.211 e. The van der Waals surface area contributed by atoms with Crippen LogP contribution >= 0.6 is 0 Å². The monoisotopic (exact) mass is 792 g/mol. The van der Waals surface area contributed by atoms with E-state index in [1.165, 1.54) is 0 Å². The van der Waals surface area contributed by atoms with Crippen molar-refractivity contribution >= 4 is 0 Å². The highest BCUT2D eigenvalue weighted by Gasteiger charge is 2.62. The number of hydrogen-bond donors (Lipinski definition) is 0. The molecule has 3 aliphatic rings. The molecule has 62 heavy (non-hydrogen) atoms. The first kappa shape index (κ1) is 35.7. The van der Waals surface area contributed by atoms with Gasteiger partial charge in [0, 0.05) is 22.3 Å². The fourth-order valence-electron chi connectivity index (χ4n) is 9.81. The van der Waals surface area contributed by atoms with E-state index in [-0.39, 0.29) is 0 Å². The van der Waals surface area contributed by atoms with Crippen LogP contribution in [-0.2, 0) is 10.8 Å². The Bertz CT molecular complexity index is 3100. The zero-order chi connectivity index (χ0) is 41.1. The molecule has 0 saturated carbocycles. The zero-order valence-electron chi connectivity index (χ0n) is 33.5. The second-order valence-corrected chi connectivity index (χ2v) is 15.8. The Labute approximate surface area is 359 Å². The van der Waals surface area contributed by atoms with Crippen LogP contribution < -0.4 is 0 Å². The fourth-order valence-corrected chi connectivity index (χ4v) is 9.81. The lowest BCUT2D eigenvalue weighted by atomic mass is 9.46. The molecule has 0 fully saturated rings. The molecule has 0 spiro atoms. The van der Waals surface area contributed by atoms with Gasteiger partial charge in [-0.2, -0.15) is 0 Å². The maximum absolute atomic E-state index is 5.56. The highest BCUT2D eigenvalue weighted by Crippen LogP contribution is 2.65. The van der Waals surface area contributed by atoms with Gasteiger partial charge in [0.15, 0.2) is 34.9 Å². The van der Waals surface area contributed by atoms with Crippen molar-refractivity contribution in [2.45, 2.75) is 10.8 Å². The number of benzene rings is 8. The van der Waals surface area contributed by atoms with E-state index in [4.69, 9.17) is 29.9 Å². The molecule has 10 aromatic rings. The number of aromatic nitrogens is 6. The summed E-state index contributed by atoms with van der Waals surface area (Å²) < 4.78 is 0. The average Bonchev–Trinajstić information content (AvgIpc) is 3.37. The van der Waals surface area contributed by atoms with Gasteiger partial charge in [0.05, 0.1) is 0 Å². The second kappa shape index (κ2) is 14.2. The molecule has 13 rings (SSSR count). The van der Waals surface area contributed by atoms with E-state index in [0.717, 1.165) is 66.8 Å². The summed E-state index contributed by atoms with van der Waals surface area (Å²) in [6, 6.07) is 75.8. The van der Waals surface area contributed by atoms with E-state index in [1.54, 1.807) is 0 Å². The van der Waals surface area contributed by atoms with Crippen LogP contribution in [0, 0.1) is 0 Å². The lowest BCUT2D eigenvalue weighted by Crippen LogP contribution is -2.53. The maximum atomic E-state index is 5.56. The first-order chi connectivity index (χ1) is 30.7. The Morgan fingerprint density at radius 2 is 0.403 bits per heavy atom. The van der Waals surface area contributed by atoms with Crippen molar-refractivity contribution in [3.05, 3.63) is 263 Å². The molecule has 6 nitrogen and oxygen atoms in total. The van der Waals surface area contributed by atoms with Crippen LogP contribution in [0.3, 0.4) is 0 Å². The topological polar surface area (TPSA) is 77.3 Å². The summed E-state index contributed by atoms with van der Waals surface area (Å²) >= 11 is 0. The molecule has 2 aromatic heterocycles. The van der Waals surface area contributed by atoms with Gasteiger partial charge in [-0.25, -0.2) is 29.9 Å². The quantitative estimate of drug-likeness (QED) is 0.160. The number of hydrogen-bond acceptors (Lipinski definition) is 6. The summed E-state index contributed by atoms with van der Waals surface area (Å²) in [7, 11) is 0. The Morgan fingerprint density at radius 1 is 0.194 bits per heavy atom. The van der Waals surface area contributed by atoms with Crippen LogP contribution in [0.1, 0.15) is 45.0 Å². The summed E-state index contributed by atoms with van der Waals surface area (Å²) in [5.74, 6) is 3.76. The van der Waals surface area contributed by atoms with Crippen molar-refractivity contribution in [3.63, 3.8) is 0 Å². The molecule has 290 valence electrons. The van der Waals surface area contributed by atoms with E-state index in [0.29, 0.717) is 34.9 Å². The van der Waals surface area contributed by atoms with Crippen molar-refractivity contribution in [1.82, 2.24) is 29.9 Å². The Morgan fingerprint density at radius 3 is 0.694 bits per heavy atom.